The zero-order valence-corrected chi connectivity index (χ0v) is 8.03. The number of hydrogen-bond acceptors (Lipinski definition) is 2. The summed E-state index contributed by atoms with van der Waals surface area (Å²) in [6.45, 7) is 1.73. The average Bonchev–Trinajstić information content (AvgIpc) is 2.03. The standard InChI is InChI=1S/C9H12N2S/c1-7(10)11-8-4-3-5-9(6-8)12-2/h3-6H,1-2H3,(H2,10,11). The number of nitrogens with one attached hydrogen (secondary N) is 2. The van der Waals surface area contributed by atoms with Crippen LogP contribution in [-0.2, 0) is 0 Å². The second-order valence-electron chi connectivity index (χ2n) is 2.48. The van der Waals surface area contributed by atoms with Crippen LogP contribution in [0.25, 0.3) is 0 Å². The monoisotopic (exact) mass is 180 g/mol. The second kappa shape index (κ2) is 4.16. The molecule has 1 aromatic carbocycles. The largest absolute Gasteiger partial charge is 0.344 e. The lowest BCUT2D eigenvalue weighted by Crippen LogP contribution is -2.04. The van der Waals surface area contributed by atoms with E-state index in [1.807, 2.05) is 24.5 Å². The molecule has 64 valence electrons. The van der Waals surface area contributed by atoms with Gasteiger partial charge >= 0.3 is 0 Å². The first-order valence-electron chi connectivity index (χ1n) is 3.68. The zero-order chi connectivity index (χ0) is 8.97. The first-order valence-corrected chi connectivity index (χ1v) is 4.91. The van der Waals surface area contributed by atoms with Crippen molar-refractivity contribution >= 4 is 23.3 Å². The Hall–Kier alpha value is -0.960. The van der Waals surface area contributed by atoms with Crippen LogP contribution in [0, 0.1) is 5.41 Å². The maximum atomic E-state index is 7.24. The molecule has 1 aromatic rings. The summed E-state index contributed by atoms with van der Waals surface area (Å²) in [4.78, 5) is 1.21. The van der Waals surface area contributed by atoms with E-state index >= 15 is 0 Å². The van der Waals surface area contributed by atoms with Gasteiger partial charge in [-0.1, -0.05) is 6.07 Å². The van der Waals surface area contributed by atoms with Crippen LogP contribution in [0.3, 0.4) is 0 Å². The topological polar surface area (TPSA) is 35.9 Å². The summed E-state index contributed by atoms with van der Waals surface area (Å²) >= 11 is 1.70. The molecule has 2 N–H and O–H groups in total. The molecule has 3 heteroatoms. The molecule has 0 aliphatic rings. The van der Waals surface area contributed by atoms with Gasteiger partial charge in [-0.3, -0.25) is 5.41 Å². The summed E-state index contributed by atoms with van der Waals surface area (Å²) in [5.74, 6) is 0.466. The Morgan fingerprint density at radius 3 is 2.83 bits per heavy atom. The predicted octanol–water partition coefficient (Wildman–Crippen LogP) is 2.82. The molecular formula is C9H12N2S. The summed E-state index contributed by atoms with van der Waals surface area (Å²) in [6.07, 6.45) is 2.04. The SMILES string of the molecule is CSc1cccc(NC(C)=N)c1. The number of hydrogen-bond donors (Lipinski definition) is 2. The van der Waals surface area contributed by atoms with Gasteiger partial charge in [0.1, 0.15) is 0 Å². The molecule has 12 heavy (non-hydrogen) atoms. The Bertz CT molecular complexity index is 284. The second-order valence-corrected chi connectivity index (χ2v) is 3.36. The van der Waals surface area contributed by atoms with E-state index in [1.54, 1.807) is 18.7 Å². The molecule has 0 amide bonds. The molecule has 0 unspecified atom stereocenters. The first-order chi connectivity index (χ1) is 5.72. The van der Waals surface area contributed by atoms with Gasteiger partial charge in [-0.15, -0.1) is 11.8 Å². The van der Waals surface area contributed by atoms with E-state index in [-0.39, 0.29) is 0 Å². The highest BCUT2D eigenvalue weighted by Crippen LogP contribution is 2.18. The third-order valence-electron chi connectivity index (χ3n) is 1.40. The van der Waals surface area contributed by atoms with Gasteiger partial charge in [0.2, 0.25) is 0 Å². The summed E-state index contributed by atoms with van der Waals surface area (Å²) < 4.78 is 0. The Labute approximate surface area is 76.9 Å². The van der Waals surface area contributed by atoms with Gasteiger partial charge in [-0.05, 0) is 31.4 Å². The van der Waals surface area contributed by atoms with Gasteiger partial charge in [0.25, 0.3) is 0 Å². The van der Waals surface area contributed by atoms with Crippen LogP contribution in [-0.4, -0.2) is 12.1 Å². The minimum Gasteiger partial charge on any atom is -0.344 e. The summed E-state index contributed by atoms with van der Waals surface area (Å²) in [7, 11) is 0. The normalized spacial score (nSPS) is 9.50. The van der Waals surface area contributed by atoms with E-state index < -0.39 is 0 Å². The fourth-order valence-electron chi connectivity index (χ4n) is 0.917. The fraction of sp³-hybridized carbons (Fsp3) is 0.222. The van der Waals surface area contributed by atoms with E-state index in [0.717, 1.165) is 5.69 Å². The maximum Gasteiger partial charge on any atom is 0.0944 e. The predicted molar refractivity (Wildman–Crippen MR) is 55.2 cm³/mol. The van der Waals surface area contributed by atoms with Gasteiger partial charge in [0, 0.05) is 10.6 Å². The van der Waals surface area contributed by atoms with E-state index in [0.29, 0.717) is 5.84 Å². The van der Waals surface area contributed by atoms with Gasteiger partial charge < -0.3 is 5.32 Å². The Morgan fingerprint density at radius 1 is 1.50 bits per heavy atom. The quantitative estimate of drug-likeness (QED) is 0.417. The van der Waals surface area contributed by atoms with E-state index in [2.05, 4.69) is 11.4 Å². The van der Waals surface area contributed by atoms with Gasteiger partial charge in [0.15, 0.2) is 0 Å². The van der Waals surface area contributed by atoms with Gasteiger partial charge in [-0.2, -0.15) is 0 Å². The lowest BCUT2D eigenvalue weighted by atomic mass is 10.3. The first kappa shape index (κ1) is 9.13. The van der Waals surface area contributed by atoms with Crippen molar-refractivity contribution in [2.45, 2.75) is 11.8 Å². The molecule has 0 heterocycles. The maximum absolute atomic E-state index is 7.24. The molecule has 0 fully saturated rings. The van der Waals surface area contributed by atoms with E-state index in [4.69, 9.17) is 5.41 Å². The van der Waals surface area contributed by atoms with E-state index in [1.165, 1.54) is 4.90 Å². The highest BCUT2D eigenvalue weighted by Gasteiger charge is 1.93. The van der Waals surface area contributed by atoms with Crippen LogP contribution in [0.5, 0.6) is 0 Å². The van der Waals surface area contributed by atoms with Crippen LogP contribution in [0.15, 0.2) is 29.2 Å². The van der Waals surface area contributed by atoms with Crippen molar-refractivity contribution in [2.75, 3.05) is 11.6 Å². The highest BCUT2D eigenvalue weighted by molar-refractivity contribution is 7.98. The lowest BCUT2D eigenvalue weighted by molar-refractivity contribution is 1.41. The van der Waals surface area contributed by atoms with Gasteiger partial charge in [0.05, 0.1) is 5.84 Å². The highest BCUT2D eigenvalue weighted by atomic mass is 32.2. The lowest BCUT2D eigenvalue weighted by Gasteiger charge is -2.04. The molecule has 0 radical (unpaired) electrons. The van der Waals surface area contributed by atoms with E-state index in [9.17, 15) is 0 Å². The fourth-order valence-corrected chi connectivity index (χ4v) is 1.38. The molecule has 1 rings (SSSR count). The Morgan fingerprint density at radius 2 is 2.25 bits per heavy atom. The van der Waals surface area contributed by atoms with Crippen molar-refractivity contribution in [3.8, 4) is 0 Å². The van der Waals surface area contributed by atoms with Crippen molar-refractivity contribution in [3.63, 3.8) is 0 Å². The molecule has 0 bridgehead atoms. The summed E-state index contributed by atoms with van der Waals surface area (Å²) in [6, 6.07) is 8.02. The van der Waals surface area contributed by atoms with Crippen molar-refractivity contribution in [3.05, 3.63) is 24.3 Å². The molecule has 2 nitrogen and oxygen atoms in total. The number of anilines is 1. The average molecular weight is 180 g/mol. The molecule has 0 aliphatic heterocycles. The summed E-state index contributed by atoms with van der Waals surface area (Å²) in [5.41, 5.74) is 0.981. The molecule has 0 atom stereocenters. The van der Waals surface area contributed by atoms with Crippen LogP contribution in [0.2, 0.25) is 0 Å². The van der Waals surface area contributed by atoms with Crippen LogP contribution >= 0.6 is 11.8 Å². The Kier molecular flexibility index (Phi) is 3.17. The zero-order valence-electron chi connectivity index (χ0n) is 7.22. The minimum atomic E-state index is 0.466. The van der Waals surface area contributed by atoms with Gasteiger partial charge in [-0.25, -0.2) is 0 Å². The number of rotatable bonds is 2. The van der Waals surface area contributed by atoms with Crippen LogP contribution in [0.1, 0.15) is 6.92 Å². The number of amidine groups is 1. The molecule has 0 saturated carbocycles. The molecule has 0 saturated heterocycles. The Balaban J connectivity index is 2.79. The van der Waals surface area contributed by atoms with Crippen molar-refractivity contribution < 1.29 is 0 Å². The van der Waals surface area contributed by atoms with Crippen LogP contribution in [0.4, 0.5) is 5.69 Å². The molecule has 0 spiro atoms. The summed E-state index contributed by atoms with van der Waals surface area (Å²) in [5, 5.41) is 10.2. The smallest absolute Gasteiger partial charge is 0.0944 e. The third kappa shape index (κ3) is 2.58. The van der Waals surface area contributed by atoms with Crippen molar-refractivity contribution in [1.29, 1.82) is 5.41 Å². The van der Waals surface area contributed by atoms with Crippen LogP contribution < -0.4 is 5.32 Å². The molecule has 0 aliphatic carbocycles. The number of benzene rings is 1. The molecular weight excluding hydrogens is 168 g/mol. The molecule has 0 aromatic heterocycles. The third-order valence-corrected chi connectivity index (χ3v) is 2.13. The van der Waals surface area contributed by atoms with Crippen molar-refractivity contribution in [2.24, 2.45) is 0 Å². The minimum absolute atomic E-state index is 0.466. The number of thioether (sulfide) groups is 1. The van der Waals surface area contributed by atoms with Crippen molar-refractivity contribution in [1.82, 2.24) is 0 Å².